The minimum Gasteiger partial charge on any atom is -0.382 e. The van der Waals surface area contributed by atoms with E-state index in [1.807, 2.05) is 36.4 Å². The van der Waals surface area contributed by atoms with Gasteiger partial charge in [0.15, 0.2) is 0 Å². The van der Waals surface area contributed by atoms with Gasteiger partial charge in [-0.1, -0.05) is 60.7 Å². The van der Waals surface area contributed by atoms with Gasteiger partial charge in [0.05, 0.1) is 15.9 Å². The molecule has 0 fully saturated rings. The van der Waals surface area contributed by atoms with Crippen LogP contribution in [0.2, 0.25) is 0 Å². The van der Waals surface area contributed by atoms with Crippen molar-refractivity contribution in [3.63, 3.8) is 0 Å². The molecular weight excluding hydrogens is 340 g/mol. The Bertz CT molecular complexity index is 1230. The number of aromatic nitrogens is 3. The highest BCUT2D eigenvalue weighted by molar-refractivity contribution is 7.26. The standard InChI is InChI=1S/C21H14N4S/c22-20-19-18(23-12-24-20)17-15(13-7-3-1-4-8-13)11-16(25-21(17)26-19)14-9-5-2-6-10-14/h1-12H,(H2,22,23,24). The number of thiophene rings is 1. The molecule has 0 spiro atoms. The maximum Gasteiger partial charge on any atom is 0.144 e. The van der Waals surface area contributed by atoms with Crippen molar-refractivity contribution in [2.24, 2.45) is 0 Å². The highest BCUT2D eigenvalue weighted by atomic mass is 32.1. The van der Waals surface area contributed by atoms with Crippen LogP contribution in [0.5, 0.6) is 0 Å². The first kappa shape index (κ1) is 15.0. The molecule has 0 amide bonds. The van der Waals surface area contributed by atoms with E-state index < -0.39 is 0 Å². The molecule has 26 heavy (non-hydrogen) atoms. The SMILES string of the molecule is Nc1ncnc2c1sc1nc(-c3ccccc3)cc(-c3ccccc3)c12. The van der Waals surface area contributed by atoms with Crippen molar-refractivity contribution in [1.82, 2.24) is 15.0 Å². The Hall–Kier alpha value is -3.31. The van der Waals surface area contributed by atoms with E-state index in [0.29, 0.717) is 5.82 Å². The van der Waals surface area contributed by atoms with Crippen LogP contribution in [0.3, 0.4) is 0 Å². The van der Waals surface area contributed by atoms with Gasteiger partial charge in [0.1, 0.15) is 17.0 Å². The Balaban J connectivity index is 1.92. The first-order valence-electron chi connectivity index (χ1n) is 8.26. The fourth-order valence-electron chi connectivity index (χ4n) is 3.19. The highest BCUT2D eigenvalue weighted by Gasteiger charge is 2.17. The molecule has 0 atom stereocenters. The molecule has 5 rings (SSSR count). The van der Waals surface area contributed by atoms with Gasteiger partial charge in [-0.05, 0) is 17.2 Å². The Morgan fingerprint density at radius 1 is 0.808 bits per heavy atom. The van der Waals surface area contributed by atoms with Gasteiger partial charge in [0.2, 0.25) is 0 Å². The van der Waals surface area contributed by atoms with Crippen LogP contribution in [0.15, 0.2) is 73.1 Å². The number of pyridine rings is 1. The molecule has 0 saturated carbocycles. The molecule has 0 aliphatic rings. The molecule has 0 unspecified atom stereocenters. The van der Waals surface area contributed by atoms with E-state index in [-0.39, 0.29) is 0 Å². The third-order valence-electron chi connectivity index (χ3n) is 4.41. The van der Waals surface area contributed by atoms with Crippen LogP contribution in [-0.2, 0) is 0 Å². The maximum atomic E-state index is 6.09. The number of rotatable bonds is 2. The fraction of sp³-hybridized carbons (Fsp3) is 0. The van der Waals surface area contributed by atoms with Gasteiger partial charge >= 0.3 is 0 Å². The predicted molar refractivity (Wildman–Crippen MR) is 108 cm³/mol. The lowest BCUT2D eigenvalue weighted by atomic mass is 10.00. The number of hydrogen-bond donors (Lipinski definition) is 1. The largest absolute Gasteiger partial charge is 0.382 e. The van der Waals surface area contributed by atoms with E-state index in [1.54, 1.807) is 11.3 Å². The highest BCUT2D eigenvalue weighted by Crippen LogP contribution is 2.41. The second kappa shape index (κ2) is 5.89. The molecular formula is C21H14N4S. The molecule has 0 saturated heterocycles. The molecule has 0 aliphatic heterocycles. The van der Waals surface area contributed by atoms with Gasteiger partial charge in [-0.3, -0.25) is 0 Å². The molecule has 5 heteroatoms. The zero-order valence-electron chi connectivity index (χ0n) is 13.8. The summed E-state index contributed by atoms with van der Waals surface area (Å²) in [6.07, 6.45) is 1.52. The fourth-order valence-corrected chi connectivity index (χ4v) is 4.24. The van der Waals surface area contributed by atoms with Crippen molar-refractivity contribution < 1.29 is 0 Å². The van der Waals surface area contributed by atoms with Crippen LogP contribution in [0.4, 0.5) is 5.82 Å². The molecule has 3 aromatic heterocycles. The molecule has 4 nitrogen and oxygen atoms in total. The monoisotopic (exact) mass is 354 g/mol. The Kier molecular flexibility index (Phi) is 3.40. The first-order chi connectivity index (χ1) is 12.8. The lowest BCUT2D eigenvalue weighted by molar-refractivity contribution is 1.24. The van der Waals surface area contributed by atoms with Gasteiger partial charge in [-0.15, -0.1) is 11.3 Å². The smallest absolute Gasteiger partial charge is 0.144 e. The lowest BCUT2D eigenvalue weighted by Crippen LogP contribution is -1.91. The topological polar surface area (TPSA) is 64.7 Å². The Morgan fingerprint density at radius 3 is 2.23 bits per heavy atom. The summed E-state index contributed by atoms with van der Waals surface area (Å²) in [5.41, 5.74) is 11.2. The molecule has 124 valence electrons. The van der Waals surface area contributed by atoms with Crippen LogP contribution in [0.1, 0.15) is 0 Å². The van der Waals surface area contributed by atoms with E-state index in [0.717, 1.165) is 42.8 Å². The van der Waals surface area contributed by atoms with E-state index in [1.165, 1.54) is 6.33 Å². The number of fused-ring (bicyclic) bond motifs is 3. The molecule has 2 N–H and O–H groups in total. The third kappa shape index (κ3) is 2.33. The summed E-state index contributed by atoms with van der Waals surface area (Å²) in [5.74, 6) is 0.498. The number of hydrogen-bond acceptors (Lipinski definition) is 5. The van der Waals surface area contributed by atoms with E-state index in [9.17, 15) is 0 Å². The molecule has 2 aromatic carbocycles. The molecule has 0 aliphatic carbocycles. The average Bonchev–Trinajstić information content (AvgIpc) is 3.09. The van der Waals surface area contributed by atoms with Crippen LogP contribution in [-0.4, -0.2) is 15.0 Å². The van der Waals surface area contributed by atoms with Crippen molar-refractivity contribution in [1.29, 1.82) is 0 Å². The third-order valence-corrected chi connectivity index (χ3v) is 5.50. The summed E-state index contributed by atoms with van der Waals surface area (Å²) in [6.45, 7) is 0. The summed E-state index contributed by atoms with van der Waals surface area (Å²) in [6, 6.07) is 22.7. The summed E-state index contributed by atoms with van der Waals surface area (Å²) >= 11 is 1.54. The molecule has 5 aromatic rings. The molecule has 0 bridgehead atoms. The van der Waals surface area contributed by atoms with E-state index in [2.05, 4.69) is 40.3 Å². The van der Waals surface area contributed by atoms with Crippen molar-refractivity contribution in [3.05, 3.63) is 73.1 Å². The van der Waals surface area contributed by atoms with Gasteiger partial charge in [0, 0.05) is 10.9 Å². The number of nitrogens with two attached hydrogens (primary N) is 1. The molecule has 3 heterocycles. The van der Waals surface area contributed by atoms with Crippen LogP contribution in [0.25, 0.3) is 42.8 Å². The summed E-state index contributed by atoms with van der Waals surface area (Å²) in [7, 11) is 0. The van der Waals surface area contributed by atoms with Crippen LogP contribution >= 0.6 is 11.3 Å². The predicted octanol–water partition coefficient (Wildman–Crippen LogP) is 5.16. The second-order valence-electron chi connectivity index (χ2n) is 6.01. The minimum absolute atomic E-state index is 0.498. The number of anilines is 1. The van der Waals surface area contributed by atoms with Gasteiger partial charge in [-0.25, -0.2) is 15.0 Å². The van der Waals surface area contributed by atoms with Crippen LogP contribution < -0.4 is 5.73 Å². The van der Waals surface area contributed by atoms with E-state index >= 15 is 0 Å². The van der Waals surface area contributed by atoms with Crippen molar-refractivity contribution in [2.75, 3.05) is 5.73 Å². The average molecular weight is 354 g/mol. The van der Waals surface area contributed by atoms with Crippen molar-refractivity contribution >= 4 is 37.6 Å². The van der Waals surface area contributed by atoms with Gasteiger partial charge in [-0.2, -0.15) is 0 Å². The van der Waals surface area contributed by atoms with Crippen LogP contribution in [0, 0.1) is 0 Å². The number of nitrogen functional groups attached to an aromatic ring is 1. The second-order valence-corrected chi connectivity index (χ2v) is 7.01. The van der Waals surface area contributed by atoms with Gasteiger partial charge in [0.25, 0.3) is 0 Å². The quantitative estimate of drug-likeness (QED) is 0.476. The normalized spacial score (nSPS) is 11.2. The summed E-state index contributed by atoms with van der Waals surface area (Å²) in [5, 5.41) is 1.03. The zero-order valence-corrected chi connectivity index (χ0v) is 14.6. The number of nitrogens with zero attached hydrogens (tertiary/aromatic N) is 3. The maximum absolute atomic E-state index is 6.09. The summed E-state index contributed by atoms with van der Waals surface area (Å²) in [4.78, 5) is 14.5. The minimum atomic E-state index is 0.498. The molecule has 0 radical (unpaired) electrons. The van der Waals surface area contributed by atoms with Gasteiger partial charge < -0.3 is 5.73 Å². The lowest BCUT2D eigenvalue weighted by Gasteiger charge is -2.08. The zero-order chi connectivity index (χ0) is 17.5. The van der Waals surface area contributed by atoms with E-state index in [4.69, 9.17) is 10.7 Å². The number of benzene rings is 2. The Labute approximate surface area is 154 Å². The van der Waals surface area contributed by atoms with Crippen molar-refractivity contribution in [2.45, 2.75) is 0 Å². The Morgan fingerprint density at radius 2 is 1.50 bits per heavy atom. The van der Waals surface area contributed by atoms with Crippen molar-refractivity contribution in [3.8, 4) is 22.4 Å². The first-order valence-corrected chi connectivity index (χ1v) is 9.07. The summed E-state index contributed by atoms with van der Waals surface area (Å²) < 4.78 is 0.886.